The highest BCUT2D eigenvalue weighted by molar-refractivity contribution is 7.08. The third-order valence-electron chi connectivity index (χ3n) is 4.18. The van der Waals surface area contributed by atoms with Crippen molar-refractivity contribution in [3.63, 3.8) is 0 Å². The van der Waals surface area contributed by atoms with Crippen LogP contribution in [0, 0.1) is 11.3 Å². The number of carbonyl (C=O) groups is 1. The van der Waals surface area contributed by atoms with Crippen molar-refractivity contribution in [2.24, 2.45) is 0 Å². The van der Waals surface area contributed by atoms with Gasteiger partial charge in [0.2, 0.25) is 0 Å². The molecule has 1 N–H and O–H groups in total. The van der Waals surface area contributed by atoms with Crippen molar-refractivity contribution in [1.29, 1.82) is 5.26 Å². The number of ether oxygens (including phenoxy) is 1. The first-order valence-corrected chi connectivity index (χ1v) is 9.15. The Morgan fingerprint density at radius 1 is 1.41 bits per heavy atom. The van der Waals surface area contributed by atoms with Gasteiger partial charge in [0.25, 0.3) is 0 Å². The van der Waals surface area contributed by atoms with Crippen LogP contribution in [0.3, 0.4) is 0 Å². The zero-order chi connectivity index (χ0) is 19.4. The average molecular weight is 395 g/mol. The molecule has 1 aliphatic rings. The van der Waals surface area contributed by atoms with Gasteiger partial charge in [0.15, 0.2) is 6.61 Å². The minimum Gasteiger partial charge on any atom is -0.483 e. The number of nitrogens with zero attached hydrogens (tertiary/aromatic N) is 2. The van der Waals surface area contributed by atoms with Gasteiger partial charge in [-0.2, -0.15) is 29.8 Å². The first-order valence-electron chi connectivity index (χ1n) is 8.21. The minimum absolute atomic E-state index is 0.000999. The molecular weight excluding hydrogens is 379 g/mol. The van der Waals surface area contributed by atoms with E-state index in [1.165, 1.54) is 18.2 Å². The van der Waals surface area contributed by atoms with E-state index in [1.807, 2.05) is 16.8 Å². The molecule has 1 fully saturated rings. The van der Waals surface area contributed by atoms with Crippen LogP contribution >= 0.6 is 11.3 Å². The summed E-state index contributed by atoms with van der Waals surface area (Å²) in [5.74, 6) is -0.176. The molecule has 3 rings (SSSR count). The molecule has 2 aromatic rings. The standard InChI is InChI=1S/C18H16F3N3O2S/c19-18(20,21)11-26-16-4-3-14(8-13(16)9-22)23-17(25)24-6-1-2-15(24)12-5-7-27-10-12/h3-5,7-8,10,15H,1-2,6,11H2,(H,23,25)/t15-/m1/s1. The van der Waals surface area contributed by atoms with Crippen molar-refractivity contribution < 1.29 is 22.7 Å². The van der Waals surface area contributed by atoms with Gasteiger partial charge in [-0.05, 0) is 53.4 Å². The Labute approximate surface area is 158 Å². The van der Waals surface area contributed by atoms with Crippen LogP contribution < -0.4 is 10.1 Å². The molecule has 5 nitrogen and oxygen atoms in total. The van der Waals surface area contributed by atoms with E-state index >= 15 is 0 Å². The number of alkyl halides is 3. The lowest BCUT2D eigenvalue weighted by Gasteiger charge is -2.24. The number of carbonyl (C=O) groups excluding carboxylic acids is 1. The third kappa shape index (κ3) is 4.71. The van der Waals surface area contributed by atoms with Crippen LogP contribution in [0.4, 0.5) is 23.7 Å². The quantitative estimate of drug-likeness (QED) is 0.798. The van der Waals surface area contributed by atoms with Gasteiger partial charge in [-0.3, -0.25) is 0 Å². The molecule has 0 bridgehead atoms. The van der Waals surface area contributed by atoms with Crippen molar-refractivity contribution in [1.82, 2.24) is 4.90 Å². The Morgan fingerprint density at radius 3 is 2.89 bits per heavy atom. The molecule has 0 radical (unpaired) electrons. The summed E-state index contributed by atoms with van der Waals surface area (Å²) in [6.45, 7) is -0.867. The first kappa shape index (κ1) is 19.0. The fourth-order valence-electron chi connectivity index (χ4n) is 3.00. The molecule has 1 aromatic carbocycles. The zero-order valence-electron chi connectivity index (χ0n) is 14.1. The molecule has 0 unspecified atom stereocenters. The smallest absolute Gasteiger partial charge is 0.422 e. The van der Waals surface area contributed by atoms with Gasteiger partial charge in [0.05, 0.1) is 11.6 Å². The SMILES string of the molecule is N#Cc1cc(NC(=O)N2CCC[C@@H]2c2ccsc2)ccc1OCC(F)(F)F. The predicted octanol–water partition coefficient (Wildman–Crippen LogP) is 4.93. The van der Waals surface area contributed by atoms with E-state index < -0.39 is 12.8 Å². The van der Waals surface area contributed by atoms with Crippen LogP contribution in [-0.2, 0) is 0 Å². The highest BCUT2D eigenvalue weighted by Crippen LogP contribution is 2.33. The van der Waals surface area contributed by atoms with Gasteiger partial charge in [0.1, 0.15) is 11.8 Å². The van der Waals surface area contributed by atoms with Crippen LogP contribution in [-0.4, -0.2) is 30.3 Å². The molecule has 1 atom stereocenters. The van der Waals surface area contributed by atoms with Crippen molar-refractivity contribution >= 4 is 23.1 Å². The molecule has 2 amide bonds. The Bertz CT molecular complexity index is 847. The maximum Gasteiger partial charge on any atom is 0.422 e. The summed E-state index contributed by atoms with van der Waals surface area (Å²) < 4.78 is 41.5. The van der Waals surface area contributed by atoms with Gasteiger partial charge < -0.3 is 15.0 Å². The molecule has 9 heteroatoms. The fourth-order valence-corrected chi connectivity index (χ4v) is 3.70. The number of thiophene rings is 1. The number of benzene rings is 1. The molecule has 1 aliphatic heterocycles. The molecule has 0 saturated carbocycles. The van der Waals surface area contributed by atoms with Crippen LogP contribution in [0.15, 0.2) is 35.0 Å². The van der Waals surface area contributed by atoms with E-state index in [9.17, 15) is 18.0 Å². The van der Waals surface area contributed by atoms with Crippen LogP contribution in [0.5, 0.6) is 5.75 Å². The molecule has 2 heterocycles. The number of amides is 2. The summed E-state index contributed by atoms with van der Waals surface area (Å²) in [5.41, 5.74) is 1.33. The van der Waals surface area contributed by atoms with E-state index in [0.29, 0.717) is 12.2 Å². The van der Waals surface area contributed by atoms with Gasteiger partial charge in [-0.25, -0.2) is 4.79 Å². The second-order valence-electron chi connectivity index (χ2n) is 6.06. The molecule has 0 spiro atoms. The van der Waals surface area contributed by atoms with Crippen LogP contribution in [0.1, 0.15) is 30.0 Å². The lowest BCUT2D eigenvalue weighted by atomic mass is 10.1. The number of halogens is 3. The molecule has 27 heavy (non-hydrogen) atoms. The normalized spacial score (nSPS) is 16.8. The Kier molecular flexibility index (Phi) is 5.56. The maximum absolute atomic E-state index is 12.6. The van der Waals surface area contributed by atoms with E-state index in [4.69, 9.17) is 5.26 Å². The lowest BCUT2D eigenvalue weighted by Crippen LogP contribution is -2.34. The minimum atomic E-state index is -4.49. The number of rotatable bonds is 4. The Hall–Kier alpha value is -2.73. The van der Waals surface area contributed by atoms with E-state index in [0.717, 1.165) is 18.4 Å². The second-order valence-corrected chi connectivity index (χ2v) is 6.84. The molecule has 1 saturated heterocycles. The summed E-state index contributed by atoms with van der Waals surface area (Å²) in [6, 6.07) is 7.44. The highest BCUT2D eigenvalue weighted by atomic mass is 32.1. The first-order chi connectivity index (χ1) is 12.9. The van der Waals surface area contributed by atoms with Crippen molar-refractivity contribution in [3.05, 3.63) is 46.2 Å². The molecular formula is C18H16F3N3O2S. The number of hydrogen-bond donors (Lipinski definition) is 1. The van der Waals surface area contributed by atoms with Crippen molar-refractivity contribution in [2.45, 2.75) is 25.1 Å². The maximum atomic E-state index is 12.6. The average Bonchev–Trinajstić information content (AvgIpc) is 3.30. The monoisotopic (exact) mass is 395 g/mol. The van der Waals surface area contributed by atoms with Gasteiger partial charge in [-0.1, -0.05) is 0 Å². The molecule has 142 valence electrons. The van der Waals surface area contributed by atoms with Crippen LogP contribution in [0.2, 0.25) is 0 Å². The molecule has 0 aliphatic carbocycles. The van der Waals surface area contributed by atoms with E-state index in [2.05, 4.69) is 10.1 Å². The second kappa shape index (κ2) is 7.88. The highest BCUT2D eigenvalue weighted by Gasteiger charge is 2.31. The summed E-state index contributed by atoms with van der Waals surface area (Å²) in [5, 5.41) is 15.8. The van der Waals surface area contributed by atoms with Gasteiger partial charge in [-0.15, -0.1) is 0 Å². The zero-order valence-corrected chi connectivity index (χ0v) is 14.9. The summed E-state index contributed by atoms with van der Waals surface area (Å²) >= 11 is 1.57. The lowest BCUT2D eigenvalue weighted by molar-refractivity contribution is -0.153. The number of nitrogens with one attached hydrogen (secondary N) is 1. The fraction of sp³-hybridized carbons (Fsp3) is 0.333. The number of likely N-dealkylation sites (tertiary alicyclic amines) is 1. The number of hydrogen-bond acceptors (Lipinski definition) is 4. The van der Waals surface area contributed by atoms with Crippen molar-refractivity contribution in [2.75, 3.05) is 18.5 Å². The van der Waals surface area contributed by atoms with Gasteiger partial charge >= 0.3 is 12.2 Å². The topological polar surface area (TPSA) is 65.4 Å². The summed E-state index contributed by atoms with van der Waals surface area (Å²) in [4.78, 5) is 14.3. The van der Waals surface area contributed by atoms with Crippen molar-refractivity contribution in [3.8, 4) is 11.8 Å². The summed E-state index contributed by atoms with van der Waals surface area (Å²) in [6.07, 6.45) is -2.73. The largest absolute Gasteiger partial charge is 0.483 e. The van der Waals surface area contributed by atoms with E-state index in [1.54, 1.807) is 22.3 Å². The number of anilines is 1. The third-order valence-corrected chi connectivity index (χ3v) is 4.89. The van der Waals surface area contributed by atoms with Gasteiger partial charge in [0, 0.05) is 12.2 Å². The van der Waals surface area contributed by atoms with Crippen LogP contribution in [0.25, 0.3) is 0 Å². The van der Waals surface area contributed by atoms with E-state index in [-0.39, 0.29) is 23.4 Å². The Morgan fingerprint density at radius 2 is 2.22 bits per heavy atom. The number of nitriles is 1. The number of urea groups is 1. The Balaban J connectivity index is 1.70. The predicted molar refractivity (Wildman–Crippen MR) is 94.7 cm³/mol. The summed E-state index contributed by atoms with van der Waals surface area (Å²) in [7, 11) is 0. The molecule has 1 aromatic heterocycles.